The van der Waals surface area contributed by atoms with Gasteiger partial charge in [-0.15, -0.1) is 0 Å². The second kappa shape index (κ2) is 5.31. The number of hydrogen-bond donors (Lipinski definition) is 2. The van der Waals surface area contributed by atoms with Crippen molar-refractivity contribution in [1.82, 2.24) is 15.0 Å². The van der Waals surface area contributed by atoms with E-state index >= 15 is 0 Å². The third-order valence-corrected chi connectivity index (χ3v) is 4.59. The molecule has 1 aliphatic rings. The molecule has 2 N–H and O–H groups in total. The van der Waals surface area contributed by atoms with E-state index in [0.717, 1.165) is 6.54 Å². The highest BCUT2D eigenvalue weighted by atomic mass is 16.5. The fraction of sp³-hybridized carbons (Fsp3) is 0.800. The summed E-state index contributed by atoms with van der Waals surface area (Å²) in [5.74, 6) is 1.11. The molecule has 6 heteroatoms. The van der Waals surface area contributed by atoms with Crippen LogP contribution in [0.15, 0.2) is 0 Å². The summed E-state index contributed by atoms with van der Waals surface area (Å²) >= 11 is 0. The lowest BCUT2D eigenvalue weighted by Gasteiger charge is -2.12. The van der Waals surface area contributed by atoms with Gasteiger partial charge in [0.1, 0.15) is 0 Å². The molecule has 1 fully saturated rings. The van der Waals surface area contributed by atoms with Crippen molar-refractivity contribution in [3.63, 3.8) is 0 Å². The van der Waals surface area contributed by atoms with Gasteiger partial charge in [-0.2, -0.15) is 15.0 Å². The van der Waals surface area contributed by atoms with Gasteiger partial charge in [-0.05, 0) is 31.6 Å². The van der Waals surface area contributed by atoms with Crippen LogP contribution in [0.25, 0.3) is 0 Å². The van der Waals surface area contributed by atoms with Gasteiger partial charge in [0.2, 0.25) is 11.9 Å². The third-order valence-electron chi connectivity index (χ3n) is 4.59. The average molecular weight is 293 g/mol. The van der Waals surface area contributed by atoms with Gasteiger partial charge < -0.3 is 15.4 Å². The number of aromatic nitrogens is 3. The predicted molar refractivity (Wildman–Crippen MR) is 84.7 cm³/mol. The molecule has 0 atom stereocenters. The van der Waals surface area contributed by atoms with E-state index in [9.17, 15) is 0 Å². The van der Waals surface area contributed by atoms with Crippen LogP contribution >= 0.6 is 0 Å². The summed E-state index contributed by atoms with van der Waals surface area (Å²) < 4.78 is 5.61. The third kappa shape index (κ3) is 3.04. The molecule has 0 bridgehead atoms. The Kier molecular flexibility index (Phi) is 4.00. The maximum absolute atomic E-state index is 5.61. The normalized spacial score (nSPS) is 19.4. The number of hydrogen-bond acceptors (Lipinski definition) is 6. The highest BCUT2D eigenvalue weighted by Crippen LogP contribution is 2.63. The number of rotatable bonds is 6. The van der Waals surface area contributed by atoms with E-state index in [1.165, 1.54) is 0 Å². The van der Waals surface area contributed by atoms with Crippen LogP contribution in [-0.2, 0) is 0 Å². The zero-order valence-corrected chi connectivity index (χ0v) is 14.1. The van der Waals surface area contributed by atoms with Gasteiger partial charge in [0.05, 0.1) is 6.10 Å². The van der Waals surface area contributed by atoms with Crippen LogP contribution in [-0.4, -0.2) is 33.6 Å². The average Bonchev–Trinajstić information content (AvgIpc) is 2.71. The van der Waals surface area contributed by atoms with E-state index in [1.54, 1.807) is 0 Å². The lowest BCUT2D eigenvalue weighted by Crippen LogP contribution is -2.17. The predicted octanol–water partition coefficient (Wildman–Crippen LogP) is 2.94. The zero-order valence-electron chi connectivity index (χ0n) is 14.1. The van der Waals surface area contributed by atoms with E-state index in [-0.39, 0.29) is 16.9 Å². The van der Waals surface area contributed by atoms with Crippen molar-refractivity contribution in [2.75, 3.05) is 17.2 Å². The van der Waals surface area contributed by atoms with Crippen molar-refractivity contribution in [3.8, 4) is 6.01 Å². The molecule has 0 saturated heterocycles. The fourth-order valence-electron chi connectivity index (χ4n) is 2.61. The van der Waals surface area contributed by atoms with Crippen molar-refractivity contribution in [1.29, 1.82) is 0 Å². The first-order valence-corrected chi connectivity index (χ1v) is 7.61. The van der Waals surface area contributed by atoms with Crippen LogP contribution in [0.1, 0.15) is 48.5 Å². The molecule has 0 amide bonds. The Morgan fingerprint density at radius 1 is 1.05 bits per heavy atom. The topological polar surface area (TPSA) is 72.0 Å². The van der Waals surface area contributed by atoms with E-state index < -0.39 is 0 Å². The minimum atomic E-state index is 0.0310. The summed E-state index contributed by atoms with van der Waals surface area (Å²) in [5, 5.41) is 6.54. The molecule has 0 aromatic carbocycles. The minimum Gasteiger partial charge on any atom is -0.461 e. The Bertz CT molecular complexity index is 499. The molecule has 0 radical (unpaired) electrons. The first-order chi connectivity index (χ1) is 9.68. The Morgan fingerprint density at radius 3 is 2.10 bits per heavy atom. The molecule has 2 rings (SSSR count). The maximum Gasteiger partial charge on any atom is 0.323 e. The Labute approximate surface area is 127 Å². The SMILES string of the molecule is CCNc1nc(NC2C(C)(C)C2(C)C)nc(OC(C)C)n1. The summed E-state index contributed by atoms with van der Waals surface area (Å²) in [4.78, 5) is 13.1. The van der Waals surface area contributed by atoms with Crippen LogP contribution in [0.3, 0.4) is 0 Å². The summed E-state index contributed by atoms with van der Waals surface area (Å²) in [6.07, 6.45) is 0.0310. The summed E-state index contributed by atoms with van der Waals surface area (Å²) in [5.41, 5.74) is 0.439. The van der Waals surface area contributed by atoms with E-state index in [1.807, 2.05) is 20.8 Å². The molecule has 1 aliphatic carbocycles. The van der Waals surface area contributed by atoms with Gasteiger partial charge in [0.15, 0.2) is 0 Å². The Hall–Kier alpha value is -1.59. The highest BCUT2D eigenvalue weighted by Gasteiger charge is 2.65. The van der Waals surface area contributed by atoms with Gasteiger partial charge >= 0.3 is 6.01 Å². The lowest BCUT2D eigenvalue weighted by molar-refractivity contribution is 0.222. The number of anilines is 2. The smallest absolute Gasteiger partial charge is 0.323 e. The minimum absolute atomic E-state index is 0.0310. The molecule has 1 aromatic heterocycles. The summed E-state index contributed by atoms with van der Waals surface area (Å²) in [7, 11) is 0. The monoisotopic (exact) mass is 293 g/mol. The van der Waals surface area contributed by atoms with Gasteiger partial charge in [-0.3, -0.25) is 0 Å². The van der Waals surface area contributed by atoms with Crippen molar-refractivity contribution < 1.29 is 4.74 Å². The van der Waals surface area contributed by atoms with Gasteiger partial charge in [0, 0.05) is 12.6 Å². The van der Waals surface area contributed by atoms with E-state index in [2.05, 4.69) is 53.3 Å². The van der Waals surface area contributed by atoms with E-state index in [0.29, 0.717) is 23.9 Å². The first-order valence-electron chi connectivity index (χ1n) is 7.61. The molecule has 0 spiro atoms. The Morgan fingerprint density at radius 2 is 1.62 bits per heavy atom. The number of nitrogens with one attached hydrogen (secondary N) is 2. The quantitative estimate of drug-likeness (QED) is 0.840. The zero-order chi connectivity index (χ0) is 15.8. The molecule has 1 heterocycles. The van der Waals surface area contributed by atoms with Crippen LogP contribution in [0.2, 0.25) is 0 Å². The molecule has 1 saturated carbocycles. The molecular weight excluding hydrogens is 266 g/mol. The highest BCUT2D eigenvalue weighted by molar-refractivity contribution is 5.41. The summed E-state index contributed by atoms with van der Waals surface area (Å²) in [6.45, 7) is 15.7. The molecule has 118 valence electrons. The van der Waals surface area contributed by atoms with Crippen molar-refractivity contribution in [2.24, 2.45) is 10.8 Å². The van der Waals surface area contributed by atoms with E-state index in [4.69, 9.17) is 4.74 Å². The number of ether oxygens (including phenoxy) is 1. The standard InChI is InChI=1S/C15H27N5O/c1-8-16-11-18-12(20-13(19-11)21-9(2)3)17-10-14(4,5)15(10,6)7/h9-10H,8H2,1-7H3,(H2,16,17,18,19,20). The largest absolute Gasteiger partial charge is 0.461 e. The lowest BCUT2D eigenvalue weighted by atomic mass is 10.0. The Balaban J connectivity index is 2.20. The van der Waals surface area contributed by atoms with Crippen molar-refractivity contribution in [2.45, 2.75) is 60.6 Å². The van der Waals surface area contributed by atoms with Gasteiger partial charge in [-0.1, -0.05) is 27.7 Å². The second-order valence-corrected chi connectivity index (χ2v) is 6.98. The molecule has 6 nitrogen and oxygen atoms in total. The van der Waals surface area contributed by atoms with Crippen molar-refractivity contribution >= 4 is 11.9 Å². The van der Waals surface area contributed by atoms with Gasteiger partial charge in [-0.25, -0.2) is 0 Å². The van der Waals surface area contributed by atoms with Gasteiger partial charge in [0.25, 0.3) is 0 Å². The first kappa shape index (κ1) is 15.8. The molecule has 0 aliphatic heterocycles. The van der Waals surface area contributed by atoms with Crippen LogP contribution in [0.4, 0.5) is 11.9 Å². The van der Waals surface area contributed by atoms with Crippen LogP contribution in [0, 0.1) is 10.8 Å². The molecular formula is C15H27N5O. The fourth-order valence-corrected chi connectivity index (χ4v) is 2.61. The van der Waals surface area contributed by atoms with Crippen LogP contribution in [0.5, 0.6) is 6.01 Å². The molecule has 1 aromatic rings. The maximum atomic E-state index is 5.61. The number of nitrogens with zero attached hydrogens (tertiary/aromatic N) is 3. The second-order valence-electron chi connectivity index (χ2n) is 6.98. The summed E-state index contributed by atoms with van der Waals surface area (Å²) in [6, 6.07) is 0.698. The molecule has 0 unspecified atom stereocenters. The van der Waals surface area contributed by atoms with Crippen molar-refractivity contribution in [3.05, 3.63) is 0 Å². The molecule has 21 heavy (non-hydrogen) atoms. The van der Waals surface area contributed by atoms with Crippen LogP contribution < -0.4 is 15.4 Å².